The number of hydrogen-bond acceptors (Lipinski definition) is 2. The predicted octanol–water partition coefficient (Wildman–Crippen LogP) is 5.13. The van der Waals surface area contributed by atoms with Crippen molar-refractivity contribution < 1.29 is 13.5 Å². The molecule has 0 unspecified atom stereocenters. The second-order valence-electron chi connectivity index (χ2n) is 4.79. The van der Waals surface area contributed by atoms with Crippen LogP contribution >= 0.6 is 23.2 Å². The van der Waals surface area contributed by atoms with Gasteiger partial charge < -0.3 is 9.64 Å². The Morgan fingerprint density at radius 1 is 1.00 bits per heavy atom. The molecule has 0 aliphatic carbocycles. The van der Waals surface area contributed by atoms with Gasteiger partial charge in [0, 0.05) is 23.2 Å². The molecule has 2 aromatic rings. The highest BCUT2D eigenvalue weighted by Gasteiger charge is 2.13. The zero-order valence-electron chi connectivity index (χ0n) is 11.5. The Balaban J connectivity index is 2.40. The molecule has 0 spiro atoms. The lowest BCUT2D eigenvalue weighted by Gasteiger charge is -2.16. The quantitative estimate of drug-likeness (QED) is 0.770. The van der Waals surface area contributed by atoms with E-state index in [0.717, 1.165) is 6.07 Å². The number of hydrogen-bond donors (Lipinski definition) is 0. The molecule has 2 rings (SSSR count). The number of halogens is 4. The van der Waals surface area contributed by atoms with E-state index >= 15 is 0 Å². The molecule has 0 aromatic heterocycles. The Morgan fingerprint density at radius 2 is 1.71 bits per heavy atom. The van der Waals surface area contributed by atoms with Crippen LogP contribution in [-0.4, -0.2) is 19.0 Å². The second-order valence-corrected chi connectivity index (χ2v) is 5.63. The van der Waals surface area contributed by atoms with E-state index in [4.69, 9.17) is 27.9 Å². The summed E-state index contributed by atoms with van der Waals surface area (Å²) in [7, 11) is 3.67. The van der Waals surface area contributed by atoms with Gasteiger partial charge in [-0.3, -0.25) is 0 Å². The highest BCUT2D eigenvalue weighted by atomic mass is 35.5. The molecule has 112 valence electrons. The monoisotopic (exact) mass is 331 g/mol. The van der Waals surface area contributed by atoms with Crippen molar-refractivity contribution in [2.75, 3.05) is 14.1 Å². The first-order valence-electron chi connectivity index (χ1n) is 6.12. The van der Waals surface area contributed by atoms with Crippen LogP contribution < -0.4 is 4.74 Å². The van der Waals surface area contributed by atoms with Crippen molar-refractivity contribution in [2.24, 2.45) is 0 Å². The molecule has 0 saturated carbocycles. The van der Waals surface area contributed by atoms with E-state index in [9.17, 15) is 8.78 Å². The molecule has 0 saturated heterocycles. The third kappa shape index (κ3) is 4.06. The third-order valence-electron chi connectivity index (χ3n) is 2.70. The van der Waals surface area contributed by atoms with Crippen molar-refractivity contribution in [1.82, 2.24) is 4.90 Å². The number of ether oxygens (including phenoxy) is 1. The van der Waals surface area contributed by atoms with Crippen molar-refractivity contribution in [3.63, 3.8) is 0 Å². The number of benzene rings is 2. The maximum atomic E-state index is 13.8. The SMILES string of the molecule is CN(C)Cc1cc(F)c(Cl)cc1Oc1ccc(Cl)cc1F. The van der Waals surface area contributed by atoms with Gasteiger partial charge in [-0.15, -0.1) is 0 Å². The maximum Gasteiger partial charge on any atom is 0.167 e. The Bertz CT molecular complexity index is 662. The van der Waals surface area contributed by atoms with Crippen LogP contribution in [0.1, 0.15) is 5.56 Å². The molecular weight excluding hydrogens is 319 g/mol. The lowest BCUT2D eigenvalue weighted by molar-refractivity contribution is 0.382. The number of rotatable bonds is 4. The largest absolute Gasteiger partial charge is 0.454 e. The first-order chi connectivity index (χ1) is 9.86. The van der Waals surface area contributed by atoms with Crippen LogP contribution in [0.2, 0.25) is 10.0 Å². The molecule has 21 heavy (non-hydrogen) atoms. The minimum absolute atomic E-state index is 0.00193. The summed E-state index contributed by atoms with van der Waals surface area (Å²) in [6, 6.07) is 6.69. The van der Waals surface area contributed by atoms with Crippen LogP contribution in [0.4, 0.5) is 8.78 Å². The molecule has 0 aliphatic rings. The minimum Gasteiger partial charge on any atom is -0.454 e. The summed E-state index contributed by atoms with van der Waals surface area (Å²) in [4.78, 5) is 1.84. The molecule has 0 amide bonds. The molecule has 0 radical (unpaired) electrons. The molecule has 2 nitrogen and oxygen atoms in total. The molecule has 0 fully saturated rings. The van der Waals surface area contributed by atoms with E-state index in [1.165, 1.54) is 24.3 Å². The third-order valence-corrected chi connectivity index (χ3v) is 3.23. The van der Waals surface area contributed by atoms with Crippen LogP contribution in [0.25, 0.3) is 0 Å². The summed E-state index contributed by atoms with van der Waals surface area (Å²) in [5.74, 6) is -0.838. The van der Waals surface area contributed by atoms with Gasteiger partial charge in [0.15, 0.2) is 11.6 Å². The Kier molecular flexibility index (Phi) is 5.04. The van der Waals surface area contributed by atoms with Gasteiger partial charge in [-0.1, -0.05) is 23.2 Å². The fourth-order valence-corrected chi connectivity index (χ4v) is 2.12. The maximum absolute atomic E-state index is 13.8. The van der Waals surface area contributed by atoms with Crippen molar-refractivity contribution in [2.45, 2.75) is 6.54 Å². The number of nitrogens with zero attached hydrogens (tertiary/aromatic N) is 1. The normalized spacial score (nSPS) is 11.0. The fourth-order valence-electron chi connectivity index (χ4n) is 1.81. The molecule has 2 aromatic carbocycles. The van der Waals surface area contributed by atoms with Gasteiger partial charge in [0.2, 0.25) is 0 Å². The van der Waals surface area contributed by atoms with E-state index in [1.54, 1.807) is 0 Å². The zero-order valence-corrected chi connectivity index (χ0v) is 13.0. The lowest BCUT2D eigenvalue weighted by Crippen LogP contribution is -2.12. The lowest BCUT2D eigenvalue weighted by atomic mass is 10.2. The average Bonchev–Trinajstić information content (AvgIpc) is 2.38. The van der Waals surface area contributed by atoms with Crippen LogP contribution in [0, 0.1) is 11.6 Å². The Labute approximate surface area is 131 Å². The van der Waals surface area contributed by atoms with Crippen LogP contribution in [0.15, 0.2) is 30.3 Å². The van der Waals surface area contributed by atoms with E-state index in [0.29, 0.717) is 17.9 Å². The van der Waals surface area contributed by atoms with Gasteiger partial charge in [-0.05, 0) is 38.4 Å². The second kappa shape index (κ2) is 6.60. The Morgan fingerprint density at radius 3 is 2.33 bits per heavy atom. The molecule has 0 bridgehead atoms. The van der Waals surface area contributed by atoms with Gasteiger partial charge in [0.05, 0.1) is 5.02 Å². The van der Waals surface area contributed by atoms with Gasteiger partial charge in [-0.2, -0.15) is 0 Å². The predicted molar refractivity (Wildman–Crippen MR) is 80.3 cm³/mol. The van der Waals surface area contributed by atoms with Gasteiger partial charge in [0.1, 0.15) is 11.6 Å². The zero-order chi connectivity index (χ0) is 15.6. The van der Waals surface area contributed by atoms with E-state index < -0.39 is 11.6 Å². The highest BCUT2D eigenvalue weighted by Crippen LogP contribution is 2.33. The molecule has 0 aliphatic heterocycles. The van der Waals surface area contributed by atoms with Crippen LogP contribution in [-0.2, 0) is 6.54 Å². The molecule has 0 N–H and O–H groups in total. The van der Waals surface area contributed by atoms with Gasteiger partial charge in [-0.25, -0.2) is 8.78 Å². The van der Waals surface area contributed by atoms with Crippen LogP contribution in [0.3, 0.4) is 0 Å². The smallest absolute Gasteiger partial charge is 0.167 e. The topological polar surface area (TPSA) is 12.5 Å². The minimum atomic E-state index is -0.598. The highest BCUT2D eigenvalue weighted by molar-refractivity contribution is 6.31. The summed E-state index contributed by atoms with van der Waals surface area (Å²) in [6.45, 7) is 0.429. The fraction of sp³-hybridized carbons (Fsp3) is 0.200. The van der Waals surface area contributed by atoms with E-state index in [2.05, 4.69) is 0 Å². The standard InChI is InChI=1S/C15H13Cl2F2NO/c1-20(2)8-9-5-12(18)11(17)7-15(9)21-14-4-3-10(16)6-13(14)19/h3-7H,8H2,1-2H3. The first-order valence-corrected chi connectivity index (χ1v) is 6.88. The molecular formula is C15H13Cl2F2NO. The molecule has 0 atom stereocenters. The van der Waals surface area contributed by atoms with Crippen molar-refractivity contribution >= 4 is 23.2 Å². The summed E-state index contributed by atoms with van der Waals surface area (Å²) in [5, 5.41) is 0.187. The Hall–Kier alpha value is -1.36. The van der Waals surface area contributed by atoms with Gasteiger partial charge in [0.25, 0.3) is 0 Å². The van der Waals surface area contributed by atoms with E-state index in [-0.39, 0.29) is 15.8 Å². The molecule has 0 heterocycles. The van der Waals surface area contributed by atoms with Crippen molar-refractivity contribution in [3.05, 3.63) is 57.6 Å². The average molecular weight is 332 g/mol. The molecule has 6 heteroatoms. The summed E-state index contributed by atoms with van der Waals surface area (Å²) >= 11 is 11.5. The van der Waals surface area contributed by atoms with E-state index in [1.807, 2.05) is 19.0 Å². The van der Waals surface area contributed by atoms with Crippen molar-refractivity contribution in [1.29, 1.82) is 0 Å². The van der Waals surface area contributed by atoms with Gasteiger partial charge >= 0.3 is 0 Å². The summed E-state index contributed by atoms with van der Waals surface area (Å²) in [5.41, 5.74) is 0.566. The first kappa shape index (κ1) is 16.0. The summed E-state index contributed by atoms with van der Waals surface area (Å²) in [6.07, 6.45) is 0. The van der Waals surface area contributed by atoms with Crippen LogP contribution in [0.5, 0.6) is 11.5 Å². The van der Waals surface area contributed by atoms with Crippen molar-refractivity contribution in [3.8, 4) is 11.5 Å². The summed E-state index contributed by atoms with van der Waals surface area (Å²) < 4.78 is 32.9.